The fourth-order valence-electron chi connectivity index (χ4n) is 2.49. The van der Waals surface area contributed by atoms with Crippen molar-refractivity contribution in [1.82, 2.24) is 4.31 Å². The first-order valence-electron chi connectivity index (χ1n) is 6.41. The van der Waals surface area contributed by atoms with Gasteiger partial charge in [0.15, 0.2) is 0 Å². The van der Waals surface area contributed by atoms with E-state index < -0.39 is 14.9 Å². The maximum absolute atomic E-state index is 12.6. The molecule has 0 bridgehead atoms. The number of non-ortho nitro benzene ring substituents is 1. The van der Waals surface area contributed by atoms with Crippen LogP contribution in [0.2, 0.25) is 5.02 Å². The summed E-state index contributed by atoms with van der Waals surface area (Å²) in [7, 11) is -3.90. The average molecular weight is 334 g/mol. The third-order valence-corrected chi connectivity index (χ3v) is 5.72. The fraction of sp³-hybridized carbons (Fsp3) is 0.500. The highest BCUT2D eigenvalue weighted by atomic mass is 35.5. The predicted molar refractivity (Wildman–Crippen MR) is 78.6 cm³/mol. The van der Waals surface area contributed by atoms with Gasteiger partial charge in [-0.1, -0.05) is 18.5 Å². The summed E-state index contributed by atoms with van der Waals surface area (Å²) in [5.74, 6) is 0.126. The summed E-state index contributed by atoms with van der Waals surface area (Å²) in [5.41, 5.74) is 5.55. The normalized spacial score (nSPS) is 24.0. The molecule has 0 aliphatic carbocycles. The molecule has 21 heavy (non-hydrogen) atoms. The Hall–Kier alpha value is -1.22. The second kappa shape index (κ2) is 5.88. The van der Waals surface area contributed by atoms with Crippen molar-refractivity contribution < 1.29 is 13.3 Å². The Morgan fingerprint density at radius 2 is 2.10 bits per heavy atom. The van der Waals surface area contributed by atoms with Gasteiger partial charge >= 0.3 is 0 Å². The standard InChI is InChI=1S/C12H16ClN3O4S/c1-8-4-9(14)7-15(6-8)21(19,20)12-5-10(16(17)18)2-3-11(12)13/h2-3,5,8-9H,4,6-7,14H2,1H3. The molecule has 1 heterocycles. The number of piperidine rings is 1. The van der Waals surface area contributed by atoms with Gasteiger partial charge < -0.3 is 5.73 Å². The zero-order valence-corrected chi connectivity index (χ0v) is 13.0. The summed E-state index contributed by atoms with van der Waals surface area (Å²) in [4.78, 5) is 9.90. The molecule has 0 amide bonds. The lowest BCUT2D eigenvalue weighted by atomic mass is 9.99. The van der Waals surface area contributed by atoms with Crippen LogP contribution in [0.4, 0.5) is 5.69 Å². The molecule has 0 saturated carbocycles. The van der Waals surface area contributed by atoms with Crippen molar-refractivity contribution in [3.05, 3.63) is 33.3 Å². The molecule has 116 valence electrons. The van der Waals surface area contributed by atoms with Crippen LogP contribution in [-0.4, -0.2) is 36.8 Å². The van der Waals surface area contributed by atoms with E-state index in [2.05, 4.69) is 0 Å². The van der Waals surface area contributed by atoms with E-state index in [-0.39, 0.29) is 34.1 Å². The maximum atomic E-state index is 12.6. The second-order valence-electron chi connectivity index (χ2n) is 5.29. The minimum absolute atomic E-state index is 0.0348. The first kappa shape index (κ1) is 16.2. The Kier molecular flexibility index (Phi) is 4.52. The van der Waals surface area contributed by atoms with E-state index in [1.165, 1.54) is 16.4 Å². The van der Waals surface area contributed by atoms with E-state index in [0.717, 1.165) is 12.5 Å². The maximum Gasteiger partial charge on any atom is 0.270 e. The number of rotatable bonds is 3. The van der Waals surface area contributed by atoms with Crippen LogP contribution < -0.4 is 5.73 Å². The van der Waals surface area contributed by atoms with Gasteiger partial charge in [-0.15, -0.1) is 0 Å². The van der Waals surface area contributed by atoms with Gasteiger partial charge in [0, 0.05) is 31.3 Å². The number of hydrogen-bond acceptors (Lipinski definition) is 5. The first-order chi connectivity index (χ1) is 9.71. The van der Waals surface area contributed by atoms with Crippen molar-refractivity contribution in [3.63, 3.8) is 0 Å². The molecule has 2 N–H and O–H groups in total. The molecule has 1 saturated heterocycles. The average Bonchev–Trinajstić information content (AvgIpc) is 2.37. The van der Waals surface area contributed by atoms with Crippen LogP contribution in [0.15, 0.2) is 23.1 Å². The largest absolute Gasteiger partial charge is 0.326 e. The number of hydrogen-bond donors (Lipinski definition) is 1. The fourth-order valence-corrected chi connectivity index (χ4v) is 4.60. The van der Waals surface area contributed by atoms with Crippen LogP contribution in [0.3, 0.4) is 0 Å². The van der Waals surface area contributed by atoms with Crippen LogP contribution in [-0.2, 0) is 10.0 Å². The topological polar surface area (TPSA) is 107 Å². The van der Waals surface area contributed by atoms with E-state index >= 15 is 0 Å². The zero-order valence-electron chi connectivity index (χ0n) is 11.4. The quantitative estimate of drug-likeness (QED) is 0.668. The van der Waals surface area contributed by atoms with E-state index in [9.17, 15) is 18.5 Å². The highest BCUT2D eigenvalue weighted by molar-refractivity contribution is 7.89. The Bertz CT molecular complexity index is 654. The number of sulfonamides is 1. The summed E-state index contributed by atoms with van der Waals surface area (Å²) in [6, 6.07) is 3.13. The van der Waals surface area contributed by atoms with Crippen LogP contribution >= 0.6 is 11.6 Å². The number of nitrogens with two attached hydrogens (primary N) is 1. The van der Waals surface area contributed by atoms with Crippen LogP contribution in [0.5, 0.6) is 0 Å². The highest BCUT2D eigenvalue weighted by Gasteiger charge is 2.34. The molecular formula is C12H16ClN3O4S. The number of nitro groups is 1. The summed E-state index contributed by atoms with van der Waals surface area (Å²) in [5, 5.41) is 10.8. The molecule has 0 spiro atoms. The van der Waals surface area contributed by atoms with Crippen molar-refractivity contribution in [2.24, 2.45) is 11.7 Å². The first-order valence-corrected chi connectivity index (χ1v) is 8.23. The Morgan fingerprint density at radius 1 is 1.43 bits per heavy atom. The van der Waals surface area contributed by atoms with E-state index in [0.29, 0.717) is 6.54 Å². The summed E-state index contributed by atoms with van der Waals surface area (Å²) >= 11 is 5.92. The van der Waals surface area contributed by atoms with E-state index in [1.807, 2.05) is 6.92 Å². The number of nitrogens with zero attached hydrogens (tertiary/aromatic N) is 2. The van der Waals surface area contributed by atoms with E-state index in [1.54, 1.807) is 0 Å². The van der Waals surface area contributed by atoms with Gasteiger partial charge in [-0.25, -0.2) is 8.42 Å². The van der Waals surface area contributed by atoms with Gasteiger partial charge in [0.05, 0.1) is 9.95 Å². The van der Waals surface area contributed by atoms with Crippen LogP contribution in [0.25, 0.3) is 0 Å². The lowest BCUT2D eigenvalue weighted by Crippen LogP contribution is -2.48. The Morgan fingerprint density at radius 3 is 2.67 bits per heavy atom. The Labute approximate surface area is 127 Å². The van der Waals surface area contributed by atoms with Crippen molar-refractivity contribution >= 4 is 27.3 Å². The molecule has 9 heteroatoms. The highest BCUT2D eigenvalue weighted by Crippen LogP contribution is 2.30. The SMILES string of the molecule is CC1CC(N)CN(S(=O)(=O)c2cc([N+](=O)[O-])ccc2Cl)C1. The molecule has 2 atom stereocenters. The van der Waals surface area contributed by atoms with Crippen molar-refractivity contribution in [1.29, 1.82) is 0 Å². The van der Waals surface area contributed by atoms with Gasteiger partial charge in [0.1, 0.15) is 4.90 Å². The lowest BCUT2D eigenvalue weighted by Gasteiger charge is -2.33. The Balaban J connectivity index is 2.44. The van der Waals surface area contributed by atoms with Crippen LogP contribution in [0.1, 0.15) is 13.3 Å². The molecule has 0 aromatic heterocycles. The molecule has 1 aliphatic rings. The molecule has 0 radical (unpaired) electrons. The summed E-state index contributed by atoms with van der Waals surface area (Å²) in [6.07, 6.45) is 0.745. The molecular weight excluding hydrogens is 318 g/mol. The van der Waals surface area contributed by atoms with Gasteiger partial charge in [-0.05, 0) is 18.4 Å². The smallest absolute Gasteiger partial charge is 0.270 e. The zero-order chi connectivity index (χ0) is 15.8. The van der Waals surface area contributed by atoms with Crippen molar-refractivity contribution in [2.75, 3.05) is 13.1 Å². The third kappa shape index (κ3) is 3.34. The molecule has 7 nitrogen and oxygen atoms in total. The number of halogens is 1. The summed E-state index contributed by atoms with van der Waals surface area (Å²) < 4.78 is 26.5. The van der Waals surface area contributed by atoms with Crippen molar-refractivity contribution in [3.8, 4) is 0 Å². The molecule has 1 fully saturated rings. The number of benzene rings is 1. The van der Waals surface area contributed by atoms with Gasteiger partial charge in [-0.2, -0.15) is 4.31 Å². The molecule has 2 rings (SSSR count). The van der Waals surface area contributed by atoms with E-state index in [4.69, 9.17) is 17.3 Å². The third-order valence-electron chi connectivity index (χ3n) is 3.40. The van der Waals surface area contributed by atoms with Gasteiger partial charge in [0.2, 0.25) is 10.0 Å². The molecule has 1 aromatic carbocycles. The predicted octanol–water partition coefficient (Wildman–Crippen LogP) is 1.61. The summed E-state index contributed by atoms with van der Waals surface area (Å²) in [6.45, 7) is 2.43. The monoisotopic (exact) mass is 333 g/mol. The molecule has 1 aliphatic heterocycles. The van der Waals surface area contributed by atoms with Crippen molar-refractivity contribution in [2.45, 2.75) is 24.3 Å². The second-order valence-corrected chi connectivity index (χ2v) is 7.61. The van der Waals surface area contributed by atoms with Crippen LogP contribution in [0, 0.1) is 16.0 Å². The molecule has 1 aromatic rings. The lowest BCUT2D eigenvalue weighted by molar-refractivity contribution is -0.385. The molecule has 2 unspecified atom stereocenters. The minimum Gasteiger partial charge on any atom is -0.326 e. The number of nitro benzene ring substituents is 1. The minimum atomic E-state index is -3.90. The van der Waals surface area contributed by atoms with Gasteiger partial charge in [0.25, 0.3) is 5.69 Å². The van der Waals surface area contributed by atoms with Gasteiger partial charge in [-0.3, -0.25) is 10.1 Å².